The van der Waals surface area contributed by atoms with Crippen LogP contribution in [0.2, 0.25) is 0 Å². The Morgan fingerprint density at radius 1 is 0.952 bits per heavy atom. The fourth-order valence-corrected chi connectivity index (χ4v) is 2.46. The van der Waals surface area contributed by atoms with Crippen LogP contribution < -0.4 is 5.32 Å². The van der Waals surface area contributed by atoms with E-state index in [2.05, 4.69) is 12.2 Å². The van der Waals surface area contributed by atoms with E-state index in [0.29, 0.717) is 5.76 Å². The molecule has 1 heterocycles. The summed E-state index contributed by atoms with van der Waals surface area (Å²) in [5.41, 5.74) is 0. The molecule has 0 spiro atoms. The van der Waals surface area contributed by atoms with Crippen LogP contribution in [0.4, 0.5) is 0 Å². The van der Waals surface area contributed by atoms with Gasteiger partial charge < -0.3 is 9.73 Å². The van der Waals surface area contributed by atoms with Gasteiger partial charge in [0.05, 0.1) is 0 Å². The molecule has 0 aliphatic rings. The van der Waals surface area contributed by atoms with Gasteiger partial charge in [0.2, 0.25) is 0 Å². The van der Waals surface area contributed by atoms with Crippen LogP contribution in [0.1, 0.15) is 87.4 Å². The van der Waals surface area contributed by atoms with Crippen LogP contribution in [-0.2, 0) is 0 Å². The molecule has 3 heteroatoms. The van der Waals surface area contributed by atoms with Crippen molar-refractivity contribution in [1.82, 2.24) is 5.32 Å². The largest absolute Gasteiger partial charge is 0.456 e. The van der Waals surface area contributed by atoms with Gasteiger partial charge in [-0.25, -0.2) is 0 Å². The molecule has 0 aromatic carbocycles. The zero-order valence-corrected chi connectivity index (χ0v) is 13.7. The van der Waals surface area contributed by atoms with E-state index in [9.17, 15) is 4.79 Å². The highest BCUT2D eigenvalue weighted by Crippen LogP contribution is 2.10. The third kappa shape index (κ3) is 8.59. The summed E-state index contributed by atoms with van der Waals surface area (Å²) in [6.07, 6.45) is 13.1. The van der Waals surface area contributed by atoms with E-state index in [-0.39, 0.29) is 5.91 Å². The fraction of sp³-hybridized carbons (Fsp3) is 0.722. The van der Waals surface area contributed by atoms with Crippen LogP contribution >= 0.6 is 0 Å². The van der Waals surface area contributed by atoms with Crippen molar-refractivity contribution in [2.75, 3.05) is 6.54 Å². The highest BCUT2D eigenvalue weighted by Gasteiger charge is 2.08. The summed E-state index contributed by atoms with van der Waals surface area (Å²) < 4.78 is 5.28. The minimum absolute atomic E-state index is 0.0981. The van der Waals surface area contributed by atoms with Crippen molar-refractivity contribution in [3.63, 3.8) is 0 Å². The Balaban J connectivity index is 1.87. The van der Waals surface area contributed by atoms with Crippen molar-refractivity contribution in [3.05, 3.63) is 23.7 Å². The number of rotatable bonds is 12. The SMILES string of the molecule is CCCCCCCCCCCCNC(=O)c1ccc(C)o1. The number of aryl methyl sites for hydroxylation is 1. The van der Waals surface area contributed by atoms with Gasteiger partial charge in [0.1, 0.15) is 5.76 Å². The molecule has 1 N–H and O–H groups in total. The molecule has 0 saturated heterocycles. The molecular weight excluding hydrogens is 262 g/mol. The number of unbranched alkanes of at least 4 members (excludes halogenated alkanes) is 9. The normalized spacial score (nSPS) is 10.8. The molecule has 3 nitrogen and oxygen atoms in total. The van der Waals surface area contributed by atoms with Gasteiger partial charge >= 0.3 is 0 Å². The maximum Gasteiger partial charge on any atom is 0.286 e. The van der Waals surface area contributed by atoms with Crippen molar-refractivity contribution >= 4 is 5.91 Å². The molecular formula is C18H31NO2. The molecule has 0 aliphatic carbocycles. The summed E-state index contributed by atoms with van der Waals surface area (Å²) >= 11 is 0. The van der Waals surface area contributed by atoms with Gasteiger partial charge in [-0.3, -0.25) is 4.79 Å². The van der Waals surface area contributed by atoms with Crippen molar-refractivity contribution in [2.45, 2.75) is 78.1 Å². The number of furan rings is 1. The molecule has 0 atom stereocenters. The Morgan fingerprint density at radius 3 is 2.05 bits per heavy atom. The van der Waals surface area contributed by atoms with E-state index in [0.717, 1.165) is 18.7 Å². The zero-order chi connectivity index (χ0) is 15.3. The first-order valence-electron chi connectivity index (χ1n) is 8.58. The first kappa shape index (κ1) is 17.8. The van der Waals surface area contributed by atoms with Crippen LogP contribution in [0, 0.1) is 6.92 Å². The lowest BCUT2D eigenvalue weighted by atomic mass is 10.1. The van der Waals surface area contributed by atoms with Gasteiger partial charge in [-0.2, -0.15) is 0 Å². The predicted octanol–water partition coefficient (Wildman–Crippen LogP) is 5.24. The molecule has 1 rings (SSSR count). The smallest absolute Gasteiger partial charge is 0.286 e. The van der Waals surface area contributed by atoms with Crippen LogP contribution in [0.15, 0.2) is 16.5 Å². The first-order chi connectivity index (χ1) is 10.2. The second-order valence-electron chi connectivity index (χ2n) is 5.85. The third-order valence-electron chi connectivity index (χ3n) is 3.78. The van der Waals surface area contributed by atoms with Gasteiger partial charge in [0.25, 0.3) is 5.91 Å². The summed E-state index contributed by atoms with van der Waals surface area (Å²) in [5, 5.41) is 2.90. The molecule has 0 bridgehead atoms. The molecule has 1 aromatic heterocycles. The quantitative estimate of drug-likeness (QED) is 0.535. The van der Waals surface area contributed by atoms with Gasteiger partial charge in [0.15, 0.2) is 5.76 Å². The number of hydrogen-bond donors (Lipinski definition) is 1. The molecule has 0 radical (unpaired) electrons. The lowest BCUT2D eigenvalue weighted by Crippen LogP contribution is -2.23. The Morgan fingerprint density at radius 2 is 1.52 bits per heavy atom. The number of carbonyl (C=O) groups excluding carboxylic acids is 1. The van der Waals surface area contributed by atoms with Gasteiger partial charge in [0, 0.05) is 6.54 Å². The topological polar surface area (TPSA) is 42.2 Å². The predicted molar refractivity (Wildman–Crippen MR) is 87.6 cm³/mol. The molecule has 1 aromatic rings. The minimum atomic E-state index is -0.0981. The molecule has 21 heavy (non-hydrogen) atoms. The van der Waals surface area contributed by atoms with Crippen LogP contribution in [0.5, 0.6) is 0 Å². The molecule has 120 valence electrons. The average Bonchev–Trinajstić information content (AvgIpc) is 2.91. The first-order valence-corrected chi connectivity index (χ1v) is 8.58. The Kier molecular flexibility index (Phi) is 9.68. The Bertz CT molecular complexity index is 384. The lowest BCUT2D eigenvalue weighted by molar-refractivity contribution is 0.0924. The second kappa shape index (κ2) is 11.4. The van der Waals surface area contributed by atoms with Crippen LogP contribution in [0.25, 0.3) is 0 Å². The van der Waals surface area contributed by atoms with Crippen LogP contribution in [-0.4, -0.2) is 12.5 Å². The van der Waals surface area contributed by atoms with E-state index in [1.165, 1.54) is 57.8 Å². The van der Waals surface area contributed by atoms with Gasteiger partial charge in [-0.05, 0) is 25.5 Å². The van der Waals surface area contributed by atoms with E-state index >= 15 is 0 Å². The van der Waals surface area contributed by atoms with Crippen LogP contribution in [0.3, 0.4) is 0 Å². The summed E-state index contributed by atoms with van der Waals surface area (Å²) in [5.74, 6) is 1.10. The van der Waals surface area contributed by atoms with E-state index in [1.807, 2.05) is 13.0 Å². The number of carbonyl (C=O) groups is 1. The monoisotopic (exact) mass is 293 g/mol. The third-order valence-corrected chi connectivity index (χ3v) is 3.78. The molecule has 0 unspecified atom stereocenters. The minimum Gasteiger partial charge on any atom is -0.456 e. The van der Waals surface area contributed by atoms with E-state index < -0.39 is 0 Å². The number of nitrogens with one attached hydrogen (secondary N) is 1. The average molecular weight is 293 g/mol. The summed E-state index contributed by atoms with van der Waals surface area (Å²) in [6.45, 7) is 4.85. The van der Waals surface area contributed by atoms with Crippen molar-refractivity contribution in [1.29, 1.82) is 0 Å². The summed E-state index contributed by atoms with van der Waals surface area (Å²) in [6, 6.07) is 3.54. The van der Waals surface area contributed by atoms with E-state index in [1.54, 1.807) is 6.07 Å². The highest BCUT2D eigenvalue weighted by molar-refractivity contribution is 5.91. The molecule has 0 saturated carbocycles. The zero-order valence-electron chi connectivity index (χ0n) is 13.7. The Hall–Kier alpha value is -1.25. The number of hydrogen-bond acceptors (Lipinski definition) is 2. The molecule has 1 amide bonds. The standard InChI is InChI=1S/C18H31NO2/c1-3-4-5-6-7-8-9-10-11-12-15-19-18(20)17-14-13-16(2)21-17/h13-14H,3-12,15H2,1-2H3,(H,19,20). The van der Waals surface area contributed by atoms with Gasteiger partial charge in [-0.15, -0.1) is 0 Å². The van der Waals surface area contributed by atoms with E-state index in [4.69, 9.17) is 4.42 Å². The van der Waals surface area contributed by atoms with Crippen molar-refractivity contribution in [2.24, 2.45) is 0 Å². The fourth-order valence-electron chi connectivity index (χ4n) is 2.46. The maximum absolute atomic E-state index is 11.7. The maximum atomic E-state index is 11.7. The van der Waals surface area contributed by atoms with Crippen molar-refractivity contribution < 1.29 is 9.21 Å². The van der Waals surface area contributed by atoms with Gasteiger partial charge in [-0.1, -0.05) is 64.7 Å². The number of amides is 1. The Labute approximate surface area is 129 Å². The highest BCUT2D eigenvalue weighted by atomic mass is 16.3. The molecule has 0 fully saturated rings. The summed E-state index contributed by atoms with van der Waals surface area (Å²) in [4.78, 5) is 11.7. The van der Waals surface area contributed by atoms with Crippen molar-refractivity contribution in [3.8, 4) is 0 Å². The molecule has 0 aliphatic heterocycles. The lowest BCUT2D eigenvalue weighted by Gasteiger charge is -2.04. The summed E-state index contributed by atoms with van der Waals surface area (Å²) in [7, 11) is 0. The second-order valence-corrected chi connectivity index (χ2v) is 5.85.